The second-order valence-corrected chi connectivity index (χ2v) is 4.18. The van der Waals surface area contributed by atoms with Crippen LogP contribution in [0.4, 0.5) is 0 Å². The molecule has 1 aromatic heterocycles. The van der Waals surface area contributed by atoms with Gasteiger partial charge in [-0.1, -0.05) is 0 Å². The molecule has 114 valence electrons. The van der Waals surface area contributed by atoms with E-state index in [0.717, 1.165) is 6.33 Å². The molecule has 0 aliphatic heterocycles. The Hall–Kier alpha value is -2.91. The highest BCUT2D eigenvalue weighted by Crippen LogP contribution is 2.28. The molecule has 0 bridgehead atoms. The first-order chi connectivity index (χ1) is 9.73. The number of aromatic nitrogens is 2. The number of imidazole rings is 1. The van der Waals surface area contributed by atoms with Gasteiger partial charge in [-0.15, -0.1) is 0 Å². The van der Waals surface area contributed by atoms with Crippen molar-refractivity contribution >= 4 is 23.9 Å². The summed E-state index contributed by atoms with van der Waals surface area (Å²) in [7, 11) is 0. The molecule has 0 spiro atoms. The largest absolute Gasteiger partial charge is 0.481 e. The molecule has 5 N–H and O–H groups in total. The van der Waals surface area contributed by atoms with Crippen LogP contribution in [-0.4, -0.2) is 54.3 Å². The lowest BCUT2D eigenvalue weighted by Crippen LogP contribution is -2.22. The molecule has 10 heteroatoms. The monoisotopic (exact) mass is 300 g/mol. The van der Waals surface area contributed by atoms with Gasteiger partial charge in [-0.05, 0) is 0 Å². The lowest BCUT2D eigenvalue weighted by atomic mass is 9.92. The van der Waals surface area contributed by atoms with Gasteiger partial charge < -0.3 is 25.4 Å². The number of rotatable bonds is 8. The van der Waals surface area contributed by atoms with Gasteiger partial charge in [0.15, 0.2) is 0 Å². The van der Waals surface area contributed by atoms with Crippen molar-refractivity contribution in [3.63, 3.8) is 0 Å². The van der Waals surface area contributed by atoms with Crippen molar-refractivity contribution in [2.75, 3.05) is 0 Å². The molecular weight excluding hydrogens is 288 g/mol. The average molecular weight is 300 g/mol. The molecule has 1 rings (SSSR count). The molecule has 1 aromatic rings. The lowest BCUT2D eigenvalue weighted by molar-refractivity contribution is -0.146. The average Bonchev–Trinajstić information content (AvgIpc) is 2.80. The summed E-state index contributed by atoms with van der Waals surface area (Å²) in [4.78, 5) is 49.7. The first kappa shape index (κ1) is 16.1. The Kier molecular flexibility index (Phi) is 5.00. The van der Waals surface area contributed by atoms with E-state index in [1.54, 1.807) is 0 Å². The van der Waals surface area contributed by atoms with Gasteiger partial charge in [-0.3, -0.25) is 19.2 Å². The fourth-order valence-electron chi connectivity index (χ4n) is 1.83. The molecule has 2 unspecified atom stereocenters. The fourth-order valence-corrected chi connectivity index (χ4v) is 1.83. The number of carboxylic acids is 4. The molecule has 0 aliphatic rings. The summed E-state index contributed by atoms with van der Waals surface area (Å²) in [6.07, 6.45) is -0.587. The summed E-state index contributed by atoms with van der Waals surface area (Å²) < 4.78 is 0. The van der Waals surface area contributed by atoms with Gasteiger partial charge >= 0.3 is 23.9 Å². The van der Waals surface area contributed by atoms with Crippen LogP contribution in [0.2, 0.25) is 0 Å². The van der Waals surface area contributed by atoms with E-state index in [9.17, 15) is 19.2 Å². The van der Waals surface area contributed by atoms with Crippen LogP contribution in [0.15, 0.2) is 6.33 Å². The van der Waals surface area contributed by atoms with E-state index in [0.29, 0.717) is 0 Å². The number of carbonyl (C=O) groups is 4. The first-order valence-corrected chi connectivity index (χ1v) is 5.66. The van der Waals surface area contributed by atoms with E-state index in [1.807, 2.05) is 0 Å². The highest BCUT2D eigenvalue weighted by molar-refractivity contribution is 5.85. The molecule has 21 heavy (non-hydrogen) atoms. The second-order valence-electron chi connectivity index (χ2n) is 4.18. The van der Waals surface area contributed by atoms with Crippen molar-refractivity contribution in [3.05, 3.63) is 17.7 Å². The summed E-state index contributed by atoms with van der Waals surface area (Å²) in [5.74, 6) is -8.89. The Morgan fingerprint density at radius 3 is 1.86 bits per heavy atom. The fraction of sp³-hybridized carbons (Fsp3) is 0.364. The molecular formula is C11H12N2O8. The Morgan fingerprint density at radius 2 is 1.43 bits per heavy atom. The minimum Gasteiger partial charge on any atom is -0.481 e. The lowest BCUT2D eigenvalue weighted by Gasteiger charge is -2.14. The van der Waals surface area contributed by atoms with E-state index in [-0.39, 0.29) is 11.4 Å². The third kappa shape index (κ3) is 4.03. The third-order valence-corrected chi connectivity index (χ3v) is 2.73. The Balaban J connectivity index is 3.23. The molecule has 0 radical (unpaired) electrons. The molecule has 1 heterocycles. The summed E-state index contributed by atoms with van der Waals surface area (Å²) in [6, 6.07) is 0. The van der Waals surface area contributed by atoms with Crippen LogP contribution < -0.4 is 0 Å². The van der Waals surface area contributed by atoms with Crippen molar-refractivity contribution in [2.24, 2.45) is 0 Å². The maximum Gasteiger partial charge on any atom is 0.313 e. The van der Waals surface area contributed by atoms with E-state index in [4.69, 9.17) is 20.4 Å². The molecule has 0 saturated heterocycles. The van der Waals surface area contributed by atoms with Crippen LogP contribution in [0.25, 0.3) is 0 Å². The SMILES string of the molecule is O=C(O)CC(C(=O)O)c1nc[nH]c1C(CC(=O)O)C(=O)O. The van der Waals surface area contributed by atoms with Gasteiger partial charge in [0.2, 0.25) is 0 Å². The van der Waals surface area contributed by atoms with Crippen molar-refractivity contribution in [3.8, 4) is 0 Å². The molecule has 2 atom stereocenters. The number of nitrogens with zero attached hydrogens (tertiary/aromatic N) is 1. The molecule has 10 nitrogen and oxygen atoms in total. The van der Waals surface area contributed by atoms with Gasteiger partial charge in [-0.2, -0.15) is 0 Å². The highest BCUT2D eigenvalue weighted by Gasteiger charge is 2.34. The summed E-state index contributed by atoms with van der Waals surface area (Å²) in [5.41, 5.74) is -0.517. The van der Waals surface area contributed by atoms with Crippen LogP contribution in [0, 0.1) is 0 Å². The highest BCUT2D eigenvalue weighted by atomic mass is 16.4. The normalized spacial score (nSPS) is 13.3. The molecule has 0 fully saturated rings. The number of aromatic amines is 1. The van der Waals surface area contributed by atoms with Gasteiger partial charge in [0.25, 0.3) is 0 Å². The number of hydrogen-bond acceptors (Lipinski definition) is 5. The summed E-state index contributed by atoms with van der Waals surface area (Å²) >= 11 is 0. The van der Waals surface area contributed by atoms with Gasteiger partial charge in [0, 0.05) is 0 Å². The van der Waals surface area contributed by atoms with Crippen molar-refractivity contribution < 1.29 is 39.6 Å². The van der Waals surface area contributed by atoms with Crippen LogP contribution in [0.1, 0.15) is 36.1 Å². The minimum atomic E-state index is -1.57. The second kappa shape index (κ2) is 6.50. The van der Waals surface area contributed by atoms with Crippen molar-refractivity contribution in [2.45, 2.75) is 24.7 Å². The number of hydrogen-bond donors (Lipinski definition) is 5. The molecule has 0 aliphatic carbocycles. The zero-order chi connectivity index (χ0) is 16.2. The Bertz CT molecular complexity index is 530. The maximum absolute atomic E-state index is 11.1. The molecule has 0 amide bonds. The van der Waals surface area contributed by atoms with Crippen molar-refractivity contribution in [1.82, 2.24) is 9.97 Å². The van der Waals surface area contributed by atoms with E-state index in [1.165, 1.54) is 0 Å². The summed E-state index contributed by atoms with van der Waals surface area (Å²) in [5, 5.41) is 35.5. The standard InChI is InChI=1S/C11H12N2O8/c14-6(15)1-4(10(18)19)8-9(13-3-12-8)5(11(20)21)2-7(16)17/h3-5H,1-2H2,(H,12,13)(H,14,15)(H,16,17)(H,18,19)(H,20,21). The van der Waals surface area contributed by atoms with Crippen molar-refractivity contribution in [1.29, 1.82) is 0 Å². The smallest absolute Gasteiger partial charge is 0.313 e. The first-order valence-electron chi connectivity index (χ1n) is 5.66. The Morgan fingerprint density at radius 1 is 0.952 bits per heavy atom. The van der Waals surface area contributed by atoms with Crippen LogP contribution in [0.3, 0.4) is 0 Å². The molecule has 0 aromatic carbocycles. The zero-order valence-electron chi connectivity index (χ0n) is 10.5. The Labute approximate surface area is 117 Å². The number of nitrogens with one attached hydrogen (secondary N) is 1. The van der Waals surface area contributed by atoms with Crippen LogP contribution >= 0.6 is 0 Å². The molecule has 0 saturated carbocycles. The minimum absolute atomic E-state index is 0.224. The number of H-pyrrole nitrogens is 1. The van der Waals surface area contributed by atoms with E-state index < -0.39 is 48.6 Å². The maximum atomic E-state index is 11.1. The third-order valence-electron chi connectivity index (χ3n) is 2.73. The summed E-state index contributed by atoms with van der Waals surface area (Å²) in [6.45, 7) is 0. The number of aliphatic carboxylic acids is 4. The van der Waals surface area contributed by atoms with Gasteiger partial charge in [0.05, 0.1) is 30.6 Å². The zero-order valence-corrected chi connectivity index (χ0v) is 10.5. The predicted molar refractivity (Wildman–Crippen MR) is 63.8 cm³/mol. The van der Waals surface area contributed by atoms with Gasteiger partial charge in [0.1, 0.15) is 11.8 Å². The van der Waals surface area contributed by atoms with E-state index in [2.05, 4.69) is 9.97 Å². The van der Waals surface area contributed by atoms with Crippen LogP contribution in [0.5, 0.6) is 0 Å². The topological polar surface area (TPSA) is 178 Å². The van der Waals surface area contributed by atoms with E-state index >= 15 is 0 Å². The van der Waals surface area contributed by atoms with Crippen LogP contribution in [-0.2, 0) is 19.2 Å². The number of carboxylic acid groups (broad SMARTS) is 4. The van der Waals surface area contributed by atoms with Gasteiger partial charge in [-0.25, -0.2) is 4.98 Å². The quantitative estimate of drug-likeness (QED) is 0.430. The predicted octanol–water partition coefficient (Wildman–Crippen LogP) is -0.305.